The number of ether oxygens (including phenoxy) is 2. The first-order chi connectivity index (χ1) is 14.4. The van der Waals surface area contributed by atoms with Gasteiger partial charge in [0.05, 0.1) is 23.6 Å². The summed E-state index contributed by atoms with van der Waals surface area (Å²) in [4.78, 5) is 12.4. The second-order valence-corrected chi connectivity index (χ2v) is 8.06. The number of aromatic nitrogens is 3. The molecule has 3 rings (SSSR count). The third kappa shape index (κ3) is 5.38. The Labute approximate surface area is 188 Å². The van der Waals surface area contributed by atoms with Crippen LogP contribution < -0.4 is 14.8 Å². The fraction of sp³-hybridized carbons (Fsp3) is 0.250. The van der Waals surface area contributed by atoms with E-state index in [9.17, 15) is 4.79 Å². The molecular formula is C20H20Cl2N4O3S. The number of carbonyl (C=O) groups excluding carboxylic acids is 1. The summed E-state index contributed by atoms with van der Waals surface area (Å²) in [5.41, 5.74) is 0.510. The van der Waals surface area contributed by atoms with Gasteiger partial charge in [-0.3, -0.25) is 4.79 Å². The molecule has 1 heterocycles. The molecular weight excluding hydrogens is 447 g/mol. The average Bonchev–Trinajstić information content (AvgIpc) is 3.09. The highest BCUT2D eigenvalue weighted by Crippen LogP contribution is 2.30. The molecule has 1 amide bonds. The highest BCUT2D eigenvalue weighted by atomic mass is 35.5. The molecule has 1 atom stereocenters. The smallest absolute Gasteiger partial charge is 0.234 e. The zero-order chi connectivity index (χ0) is 21.7. The minimum Gasteiger partial charge on any atom is -0.495 e. The molecule has 1 aromatic heterocycles. The second-order valence-electron chi connectivity index (χ2n) is 6.27. The number of carbonyl (C=O) groups is 1. The van der Waals surface area contributed by atoms with Crippen LogP contribution in [0.3, 0.4) is 0 Å². The fourth-order valence-electron chi connectivity index (χ4n) is 2.68. The molecule has 0 aliphatic carbocycles. The molecule has 158 valence electrons. The van der Waals surface area contributed by atoms with E-state index in [1.807, 2.05) is 26.1 Å². The quantitative estimate of drug-likeness (QED) is 0.470. The van der Waals surface area contributed by atoms with Crippen molar-refractivity contribution in [2.75, 3.05) is 18.2 Å². The van der Waals surface area contributed by atoms with E-state index in [-0.39, 0.29) is 17.8 Å². The predicted octanol–water partition coefficient (Wildman–Crippen LogP) is 5.00. The highest BCUT2D eigenvalue weighted by molar-refractivity contribution is 7.99. The maximum absolute atomic E-state index is 12.4. The van der Waals surface area contributed by atoms with E-state index >= 15 is 0 Å². The molecule has 0 bridgehead atoms. The van der Waals surface area contributed by atoms with E-state index in [2.05, 4.69) is 15.5 Å². The number of hydrogen-bond donors (Lipinski definition) is 1. The Morgan fingerprint density at radius 2 is 1.97 bits per heavy atom. The van der Waals surface area contributed by atoms with Crippen molar-refractivity contribution in [1.29, 1.82) is 0 Å². The molecule has 3 aromatic rings. The molecule has 0 spiro atoms. The van der Waals surface area contributed by atoms with Crippen LogP contribution in [0.4, 0.5) is 5.69 Å². The lowest BCUT2D eigenvalue weighted by Crippen LogP contribution is -2.15. The first kappa shape index (κ1) is 22.3. The number of benzene rings is 2. The standard InChI is InChI=1S/C20H20Cl2N4O3S/c1-12(29-16-7-5-4-6-14(16)22)19-24-25-20(26(19)2)30-11-18(27)23-15-10-13(21)8-9-17(15)28-3/h4-10,12H,11H2,1-3H3,(H,23,27). The highest BCUT2D eigenvalue weighted by Gasteiger charge is 2.19. The maximum Gasteiger partial charge on any atom is 0.234 e. The van der Waals surface area contributed by atoms with E-state index in [0.717, 1.165) is 0 Å². The molecule has 0 saturated heterocycles. The molecule has 0 aliphatic heterocycles. The molecule has 0 radical (unpaired) electrons. The minimum absolute atomic E-state index is 0.140. The summed E-state index contributed by atoms with van der Waals surface area (Å²) < 4.78 is 12.9. The molecule has 0 aliphatic rings. The van der Waals surface area contributed by atoms with Gasteiger partial charge in [-0.05, 0) is 37.3 Å². The van der Waals surface area contributed by atoms with Gasteiger partial charge in [-0.25, -0.2) is 0 Å². The molecule has 10 heteroatoms. The second kappa shape index (κ2) is 10.1. The van der Waals surface area contributed by atoms with Crippen molar-refractivity contribution >= 4 is 46.6 Å². The fourth-order valence-corrected chi connectivity index (χ4v) is 3.75. The van der Waals surface area contributed by atoms with Crippen LogP contribution in [-0.2, 0) is 11.8 Å². The van der Waals surface area contributed by atoms with Crippen molar-refractivity contribution in [2.45, 2.75) is 18.2 Å². The number of nitrogens with one attached hydrogen (secondary N) is 1. The van der Waals surface area contributed by atoms with E-state index in [4.69, 9.17) is 32.7 Å². The van der Waals surface area contributed by atoms with Gasteiger partial charge in [0.1, 0.15) is 11.5 Å². The largest absolute Gasteiger partial charge is 0.495 e. The van der Waals surface area contributed by atoms with Crippen LogP contribution in [0.2, 0.25) is 10.0 Å². The Morgan fingerprint density at radius 1 is 1.20 bits per heavy atom. The lowest BCUT2D eigenvalue weighted by molar-refractivity contribution is -0.113. The summed E-state index contributed by atoms with van der Waals surface area (Å²) in [6, 6.07) is 12.3. The van der Waals surface area contributed by atoms with Crippen LogP contribution in [0.25, 0.3) is 0 Å². The lowest BCUT2D eigenvalue weighted by Gasteiger charge is -2.15. The zero-order valence-corrected chi connectivity index (χ0v) is 18.9. The average molecular weight is 467 g/mol. The number of halogens is 2. The molecule has 1 N–H and O–H groups in total. The van der Waals surface area contributed by atoms with Crippen molar-refractivity contribution in [3.05, 3.63) is 58.3 Å². The number of para-hydroxylation sites is 1. The van der Waals surface area contributed by atoms with Gasteiger partial charge in [0.15, 0.2) is 17.1 Å². The normalized spacial score (nSPS) is 11.8. The van der Waals surface area contributed by atoms with Gasteiger partial charge in [-0.1, -0.05) is 47.1 Å². The number of amides is 1. The first-order valence-corrected chi connectivity index (χ1v) is 10.7. The van der Waals surface area contributed by atoms with Crippen LogP contribution >= 0.6 is 35.0 Å². The van der Waals surface area contributed by atoms with Gasteiger partial charge in [0.25, 0.3) is 0 Å². The van der Waals surface area contributed by atoms with Gasteiger partial charge in [0, 0.05) is 12.1 Å². The van der Waals surface area contributed by atoms with Crippen molar-refractivity contribution in [3.8, 4) is 11.5 Å². The Bertz CT molecular complexity index is 1040. The van der Waals surface area contributed by atoms with Crippen LogP contribution in [0, 0.1) is 0 Å². The summed E-state index contributed by atoms with van der Waals surface area (Å²) >= 11 is 13.4. The third-order valence-electron chi connectivity index (χ3n) is 4.14. The Morgan fingerprint density at radius 3 is 2.70 bits per heavy atom. The van der Waals surface area contributed by atoms with Gasteiger partial charge >= 0.3 is 0 Å². The summed E-state index contributed by atoms with van der Waals surface area (Å²) in [6.45, 7) is 1.86. The summed E-state index contributed by atoms with van der Waals surface area (Å²) in [6.07, 6.45) is -0.374. The molecule has 2 aromatic carbocycles. The van der Waals surface area contributed by atoms with Gasteiger partial charge in [-0.2, -0.15) is 0 Å². The Kier molecular flexibility index (Phi) is 7.47. The number of thioether (sulfide) groups is 1. The molecule has 7 nitrogen and oxygen atoms in total. The molecule has 0 fully saturated rings. The predicted molar refractivity (Wildman–Crippen MR) is 119 cm³/mol. The zero-order valence-electron chi connectivity index (χ0n) is 16.6. The SMILES string of the molecule is COc1ccc(Cl)cc1NC(=O)CSc1nnc(C(C)Oc2ccccc2Cl)n1C. The maximum atomic E-state index is 12.4. The number of methoxy groups -OCH3 is 1. The van der Waals surface area contributed by atoms with Crippen LogP contribution in [-0.4, -0.2) is 33.5 Å². The van der Waals surface area contributed by atoms with E-state index in [1.165, 1.54) is 18.9 Å². The van der Waals surface area contributed by atoms with Crippen molar-refractivity contribution < 1.29 is 14.3 Å². The topological polar surface area (TPSA) is 78.3 Å². The molecule has 1 unspecified atom stereocenters. The van der Waals surface area contributed by atoms with Gasteiger partial charge in [0.2, 0.25) is 5.91 Å². The van der Waals surface area contributed by atoms with Gasteiger partial charge in [-0.15, -0.1) is 10.2 Å². The van der Waals surface area contributed by atoms with E-state index in [1.54, 1.807) is 34.9 Å². The van der Waals surface area contributed by atoms with E-state index in [0.29, 0.717) is 38.2 Å². The van der Waals surface area contributed by atoms with Crippen LogP contribution in [0.1, 0.15) is 18.9 Å². The number of anilines is 1. The van der Waals surface area contributed by atoms with Crippen molar-refractivity contribution in [1.82, 2.24) is 14.8 Å². The summed E-state index contributed by atoms with van der Waals surface area (Å²) in [5, 5.41) is 12.8. The minimum atomic E-state index is -0.374. The Hall–Kier alpha value is -2.42. The number of nitrogens with zero attached hydrogens (tertiary/aromatic N) is 3. The van der Waals surface area contributed by atoms with Crippen LogP contribution in [0.15, 0.2) is 47.6 Å². The summed E-state index contributed by atoms with van der Waals surface area (Å²) in [7, 11) is 3.35. The van der Waals surface area contributed by atoms with Crippen molar-refractivity contribution in [3.63, 3.8) is 0 Å². The van der Waals surface area contributed by atoms with Crippen LogP contribution in [0.5, 0.6) is 11.5 Å². The van der Waals surface area contributed by atoms with E-state index < -0.39 is 0 Å². The molecule has 0 saturated carbocycles. The van der Waals surface area contributed by atoms with Crippen molar-refractivity contribution in [2.24, 2.45) is 7.05 Å². The monoisotopic (exact) mass is 466 g/mol. The number of hydrogen-bond acceptors (Lipinski definition) is 6. The Balaban J connectivity index is 1.62. The molecule has 30 heavy (non-hydrogen) atoms. The number of rotatable bonds is 8. The lowest BCUT2D eigenvalue weighted by atomic mass is 10.3. The first-order valence-electron chi connectivity index (χ1n) is 8.95. The third-order valence-corrected chi connectivity index (χ3v) is 5.71. The summed E-state index contributed by atoms with van der Waals surface area (Å²) in [5.74, 6) is 1.64. The van der Waals surface area contributed by atoms with Gasteiger partial charge < -0.3 is 19.4 Å².